The molecule has 0 atom stereocenters. The van der Waals surface area contributed by atoms with E-state index in [4.69, 9.17) is 4.74 Å². The first-order valence-corrected chi connectivity index (χ1v) is 6.66. The normalized spacial score (nSPS) is 15.5. The molecule has 0 bridgehead atoms. The van der Waals surface area contributed by atoms with Crippen LogP contribution in [0.25, 0.3) is 0 Å². The second-order valence-corrected chi connectivity index (χ2v) is 4.80. The van der Waals surface area contributed by atoms with Gasteiger partial charge in [0, 0.05) is 12.8 Å². The molecule has 0 aliphatic heterocycles. The highest BCUT2D eigenvalue weighted by atomic mass is 16.5. The number of hydrogen-bond donors (Lipinski definition) is 0. The van der Waals surface area contributed by atoms with E-state index in [-0.39, 0.29) is 17.9 Å². The fourth-order valence-corrected chi connectivity index (χ4v) is 1.86. The predicted molar refractivity (Wildman–Crippen MR) is 71.2 cm³/mol. The summed E-state index contributed by atoms with van der Waals surface area (Å²) < 4.78 is 5.04. The lowest BCUT2D eigenvalue weighted by Gasteiger charge is -2.06. The van der Waals surface area contributed by atoms with Crippen molar-refractivity contribution in [2.45, 2.75) is 58.5 Å². The SMILES string of the molecule is CC(C)OC(=O)CCCC=CCC1=CCCC1=O. The molecule has 0 aromatic rings. The zero-order valence-electron chi connectivity index (χ0n) is 11.3. The van der Waals surface area contributed by atoms with Crippen molar-refractivity contribution in [3.8, 4) is 0 Å². The molecule has 1 aliphatic carbocycles. The standard InChI is InChI=1S/C15H22O3/c1-12(2)18-15(17)11-6-4-3-5-8-13-9-7-10-14(13)16/h3,5,9,12H,4,6-8,10-11H2,1-2H3. The highest BCUT2D eigenvalue weighted by Crippen LogP contribution is 2.17. The van der Waals surface area contributed by atoms with Crippen molar-refractivity contribution in [2.24, 2.45) is 0 Å². The Morgan fingerprint density at radius 1 is 1.44 bits per heavy atom. The van der Waals surface area contributed by atoms with Gasteiger partial charge < -0.3 is 4.74 Å². The van der Waals surface area contributed by atoms with Gasteiger partial charge in [0.05, 0.1) is 6.10 Å². The molecule has 0 aromatic carbocycles. The quantitative estimate of drug-likeness (QED) is 0.395. The third-order valence-electron chi connectivity index (χ3n) is 2.74. The van der Waals surface area contributed by atoms with Crippen molar-refractivity contribution in [1.29, 1.82) is 0 Å². The third-order valence-corrected chi connectivity index (χ3v) is 2.74. The predicted octanol–water partition coefficient (Wildman–Crippen LogP) is 3.34. The van der Waals surface area contributed by atoms with E-state index in [0.717, 1.165) is 31.3 Å². The Hall–Kier alpha value is -1.38. The summed E-state index contributed by atoms with van der Waals surface area (Å²) in [5.41, 5.74) is 0.936. The Morgan fingerprint density at radius 2 is 2.22 bits per heavy atom. The molecule has 0 N–H and O–H groups in total. The highest BCUT2D eigenvalue weighted by molar-refractivity contribution is 5.97. The Kier molecular flexibility index (Phi) is 6.40. The van der Waals surface area contributed by atoms with E-state index in [9.17, 15) is 9.59 Å². The number of Topliss-reactive ketones (excluding diaryl/α,β-unsaturated/α-hetero) is 1. The molecule has 1 aliphatic rings. The van der Waals surface area contributed by atoms with Crippen LogP contribution in [0.15, 0.2) is 23.8 Å². The fourth-order valence-electron chi connectivity index (χ4n) is 1.86. The van der Waals surface area contributed by atoms with Crippen LogP contribution in [0.2, 0.25) is 0 Å². The smallest absolute Gasteiger partial charge is 0.306 e. The summed E-state index contributed by atoms with van der Waals surface area (Å²) in [5.74, 6) is 0.146. The van der Waals surface area contributed by atoms with Crippen molar-refractivity contribution >= 4 is 11.8 Å². The minimum atomic E-state index is -0.132. The number of esters is 1. The van der Waals surface area contributed by atoms with Crippen LogP contribution in [0.3, 0.4) is 0 Å². The molecule has 0 heterocycles. The van der Waals surface area contributed by atoms with Crippen LogP contribution in [0.4, 0.5) is 0 Å². The average molecular weight is 250 g/mol. The van der Waals surface area contributed by atoms with Gasteiger partial charge in [-0.25, -0.2) is 0 Å². The highest BCUT2D eigenvalue weighted by Gasteiger charge is 2.12. The van der Waals surface area contributed by atoms with Crippen molar-refractivity contribution in [3.63, 3.8) is 0 Å². The molecule has 1 rings (SSSR count). The van der Waals surface area contributed by atoms with Crippen LogP contribution in [0, 0.1) is 0 Å². The van der Waals surface area contributed by atoms with E-state index in [1.54, 1.807) is 0 Å². The molecule has 3 nitrogen and oxygen atoms in total. The second kappa shape index (κ2) is 7.85. The molecule has 0 saturated carbocycles. The van der Waals surface area contributed by atoms with Gasteiger partial charge in [-0.1, -0.05) is 18.2 Å². The summed E-state index contributed by atoms with van der Waals surface area (Å²) in [5, 5.41) is 0. The van der Waals surface area contributed by atoms with Gasteiger partial charge in [0.1, 0.15) is 0 Å². The van der Waals surface area contributed by atoms with Crippen molar-refractivity contribution < 1.29 is 14.3 Å². The number of unbranched alkanes of at least 4 members (excludes halogenated alkanes) is 1. The van der Waals surface area contributed by atoms with Gasteiger partial charge in [-0.15, -0.1) is 0 Å². The Morgan fingerprint density at radius 3 is 2.83 bits per heavy atom. The maximum Gasteiger partial charge on any atom is 0.306 e. The number of carbonyl (C=O) groups excluding carboxylic acids is 2. The minimum Gasteiger partial charge on any atom is -0.463 e. The van der Waals surface area contributed by atoms with Crippen molar-refractivity contribution in [3.05, 3.63) is 23.8 Å². The largest absolute Gasteiger partial charge is 0.463 e. The number of ketones is 1. The van der Waals surface area contributed by atoms with E-state index >= 15 is 0 Å². The minimum absolute atomic E-state index is 0.0339. The molecule has 0 unspecified atom stereocenters. The monoisotopic (exact) mass is 250 g/mol. The van der Waals surface area contributed by atoms with E-state index in [1.165, 1.54) is 0 Å². The number of allylic oxidation sites excluding steroid dienone is 4. The summed E-state index contributed by atoms with van der Waals surface area (Å²) in [6.07, 6.45) is 10.5. The van der Waals surface area contributed by atoms with Gasteiger partial charge in [0.2, 0.25) is 0 Å². The molecule has 0 amide bonds. The molecule has 0 aromatic heterocycles. The molecule has 100 valence electrons. The molecule has 0 saturated heterocycles. The lowest BCUT2D eigenvalue weighted by molar-refractivity contribution is -0.147. The van der Waals surface area contributed by atoms with E-state index in [1.807, 2.05) is 32.1 Å². The van der Waals surface area contributed by atoms with Crippen LogP contribution in [0.5, 0.6) is 0 Å². The summed E-state index contributed by atoms with van der Waals surface area (Å²) in [4.78, 5) is 22.6. The lowest BCUT2D eigenvalue weighted by atomic mass is 10.1. The van der Waals surface area contributed by atoms with Crippen molar-refractivity contribution in [2.75, 3.05) is 0 Å². The molecule has 0 radical (unpaired) electrons. The Balaban J connectivity index is 2.07. The maximum absolute atomic E-state index is 11.3. The number of carbonyl (C=O) groups is 2. The number of rotatable bonds is 7. The Bertz CT molecular complexity index is 351. The summed E-state index contributed by atoms with van der Waals surface area (Å²) in [6.45, 7) is 3.70. The molecule has 0 spiro atoms. The van der Waals surface area contributed by atoms with Gasteiger partial charge in [-0.2, -0.15) is 0 Å². The van der Waals surface area contributed by atoms with Crippen LogP contribution in [0.1, 0.15) is 52.4 Å². The van der Waals surface area contributed by atoms with E-state index < -0.39 is 0 Å². The molecular weight excluding hydrogens is 228 g/mol. The van der Waals surface area contributed by atoms with Crippen LogP contribution in [-0.2, 0) is 14.3 Å². The second-order valence-electron chi connectivity index (χ2n) is 4.80. The van der Waals surface area contributed by atoms with Gasteiger partial charge in [0.25, 0.3) is 0 Å². The maximum atomic E-state index is 11.3. The Labute approximate surface area is 109 Å². The van der Waals surface area contributed by atoms with Crippen LogP contribution in [-0.4, -0.2) is 17.9 Å². The van der Waals surface area contributed by atoms with Gasteiger partial charge in [-0.3, -0.25) is 9.59 Å². The van der Waals surface area contributed by atoms with Crippen molar-refractivity contribution in [1.82, 2.24) is 0 Å². The molecule has 0 fully saturated rings. The molecule has 18 heavy (non-hydrogen) atoms. The van der Waals surface area contributed by atoms with Gasteiger partial charge in [-0.05, 0) is 45.1 Å². The lowest BCUT2D eigenvalue weighted by Crippen LogP contribution is -2.10. The van der Waals surface area contributed by atoms with E-state index in [2.05, 4.69) is 0 Å². The van der Waals surface area contributed by atoms with Gasteiger partial charge >= 0.3 is 5.97 Å². The van der Waals surface area contributed by atoms with Crippen LogP contribution < -0.4 is 0 Å². The zero-order chi connectivity index (χ0) is 13.4. The van der Waals surface area contributed by atoms with Crippen LogP contribution >= 0.6 is 0 Å². The number of ether oxygens (including phenoxy) is 1. The van der Waals surface area contributed by atoms with E-state index in [0.29, 0.717) is 12.8 Å². The summed E-state index contributed by atoms with van der Waals surface area (Å²) in [6, 6.07) is 0. The summed E-state index contributed by atoms with van der Waals surface area (Å²) in [7, 11) is 0. The topological polar surface area (TPSA) is 43.4 Å². The third kappa shape index (κ3) is 5.80. The van der Waals surface area contributed by atoms with Gasteiger partial charge in [0.15, 0.2) is 5.78 Å². The zero-order valence-corrected chi connectivity index (χ0v) is 11.3. The number of hydrogen-bond acceptors (Lipinski definition) is 3. The fraction of sp³-hybridized carbons (Fsp3) is 0.600. The summed E-state index contributed by atoms with van der Waals surface area (Å²) >= 11 is 0. The molecular formula is C15H22O3. The first-order valence-electron chi connectivity index (χ1n) is 6.66. The first kappa shape index (κ1) is 14.7. The molecule has 3 heteroatoms. The average Bonchev–Trinajstić information content (AvgIpc) is 2.68. The first-order chi connectivity index (χ1) is 8.59.